The lowest BCUT2D eigenvalue weighted by Crippen LogP contribution is -2.12. The van der Waals surface area contributed by atoms with E-state index < -0.39 is 0 Å². The van der Waals surface area contributed by atoms with Gasteiger partial charge in [-0.15, -0.1) is 0 Å². The molecule has 0 aliphatic heterocycles. The van der Waals surface area contributed by atoms with E-state index in [2.05, 4.69) is 15.3 Å². The molecule has 0 saturated carbocycles. The number of amides is 1. The third-order valence-electron chi connectivity index (χ3n) is 2.81. The average molecular weight is 290 g/mol. The zero-order valence-corrected chi connectivity index (χ0v) is 10.9. The van der Waals surface area contributed by atoms with Crippen molar-refractivity contribution < 1.29 is 9.18 Å². The number of halogens is 2. The van der Waals surface area contributed by atoms with Crippen LogP contribution in [0.3, 0.4) is 0 Å². The zero-order chi connectivity index (χ0) is 14.1. The van der Waals surface area contributed by atoms with Crippen molar-refractivity contribution in [3.8, 4) is 0 Å². The van der Waals surface area contributed by atoms with Crippen molar-refractivity contribution in [2.45, 2.75) is 0 Å². The number of carbonyl (C=O) groups excluding carboxylic acids is 1. The van der Waals surface area contributed by atoms with Crippen molar-refractivity contribution in [2.24, 2.45) is 0 Å². The summed E-state index contributed by atoms with van der Waals surface area (Å²) in [6.45, 7) is 0. The fraction of sp³-hybridized carbons (Fsp3) is 0. The number of H-pyrrole nitrogens is 1. The largest absolute Gasteiger partial charge is 0.351 e. The van der Waals surface area contributed by atoms with Gasteiger partial charge >= 0.3 is 0 Å². The minimum Gasteiger partial charge on any atom is -0.351 e. The highest BCUT2D eigenvalue weighted by Crippen LogP contribution is 2.18. The lowest BCUT2D eigenvalue weighted by atomic mass is 10.2. The number of nitrogens with zero attached hydrogens (tertiary/aromatic N) is 1. The molecule has 2 aromatic heterocycles. The standard InChI is InChI=1S/C14H9ClFN3O/c15-13-4-2-10(7-17-13)18-14(20)12-6-8-5-9(16)1-3-11(8)19-12/h1-7,19H,(H,18,20). The second kappa shape index (κ2) is 4.94. The third-order valence-corrected chi connectivity index (χ3v) is 3.04. The number of pyridine rings is 1. The highest BCUT2D eigenvalue weighted by atomic mass is 35.5. The predicted octanol–water partition coefficient (Wildman–Crippen LogP) is 3.61. The molecule has 0 radical (unpaired) electrons. The van der Waals surface area contributed by atoms with Gasteiger partial charge in [-0.3, -0.25) is 4.79 Å². The number of aromatic nitrogens is 2. The molecular weight excluding hydrogens is 281 g/mol. The van der Waals surface area contributed by atoms with Gasteiger partial charge in [-0.1, -0.05) is 11.6 Å². The molecule has 4 nitrogen and oxygen atoms in total. The van der Waals surface area contributed by atoms with E-state index in [-0.39, 0.29) is 11.7 Å². The Morgan fingerprint density at radius 3 is 2.85 bits per heavy atom. The van der Waals surface area contributed by atoms with E-state index in [1.807, 2.05) is 0 Å². The monoisotopic (exact) mass is 289 g/mol. The summed E-state index contributed by atoms with van der Waals surface area (Å²) in [5, 5.41) is 3.67. The second-order valence-electron chi connectivity index (χ2n) is 4.24. The maximum Gasteiger partial charge on any atom is 0.272 e. The van der Waals surface area contributed by atoms with Gasteiger partial charge in [0.25, 0.3) is 5.91 Å². The number of nitrogens with one attached hydrogen (secondary N) is 2. The molecule has 6 heteroatoms. The van der Waals surface area contributed by atoms with Crippen LogP contribution in [0.25, 0.3) is 10.9 Å². The van der Waals surface area contributed by atoms with E-state index in [9.17, 15) is 9.18 Å². The van der Waals surface area contributed by atoms with Crippen LogP contribution in [0.1, 0.15) is 10.5 Å². The number of hydrogen-bond donors (Lipinski definition) is 2. The van der Waals surface area contributed by atoms with Crippen molar-refractivity contribution in [3.05, 3.63) is 59.3 Å². The molecule has 1 amide bonds. The van der Waals surface area contributed by atoms with Gasteiger partial charge in [-0.05, 0) is 36.4 Å². The van der Waals surface area contributed by atoms with E-state index >= 15 is 0 Å². The highest BCUT2D eigenvalue weighted by molar-refractivity contribution is 6.29. The predicted molar refractivity (Wildman–Crippen MR) is 75.5 cm³/mol. The maximum atomic E-state index is 13.1. The van der Waals surface area contributed by atoms with E-state index in [0.29, 0.717) is 27.4 Å². The number of benzene rings is 1. The van der Waals surface area contributed by atoms with Gasteiger partial charge in [-0.2, -0.15) is 0 Å². The average Bonchev–Trinajstić information content (AvgIpc) is 2.84. The first kappa shape index (κ1) is 12.6. The lowest BCUT2D eigenvalue weighted by molar-refractivity contribution is 0.102. The number of hydrogen-bond acceptors (Lipinski definition) is 2. The summed E-state index contributed by atoms with van der Waals surface area (Å²) in [5.41, 5.74) is 1.58. The van der Waals surface area contributed by atoms with Crippen LogP contribution < -0.4 is 5.32 Å². The van der Waals surface area contributed by atoms with E-state index in [1.165, 1.54) is 18.3 Å². The minimum atomic E-state index is -0.342. The van der Waals surface area contributed by atoms with Crippen LogP contribution in [-0.4, -0.2) is 15.9 Å². The van der Waals surface area contributed by atoms with Crippen LogP contribution in [0.15, 0.2) is 42.6 Å². The van der Waals surface area contributed by atoms with Crippen molar-refractivity contribution >= 4 is 34.1 Å². The number of rotatable bonds is 2. The Labute approximate surface area is 118 Å². The molecule has 1 aromatic carbocycles. The van der Waals surface area contributed by atoms with Gasteiger partial charge in [0.15, 0.2) is 0 Å². The van der Waals surface area contributed by atoms with Crippen LogP contribution in [0.2, 0.25) is 5.15 Å². The van der Waals surface area contributed by atoms with Crippen molar-refractivity contribution in [2.75, 3.05) is 5.32 Å². The van der Waals surface area contributed by atoms with Gasteiger partial charge in [0.05, 0.1) is 11.9 Å². The second-order valence-corrected chi connectivity index (χ2v) is 4.63. The summed E-state index contributed by atoms with van der Waals surface area (Å²) in [4.78, 5) is 18.9. The lowest BCUT2D eigenvalue weighted by Gasteiger charge is -2.02. The summed E-state index contributed by atoms with van der Waals surface area (Å²) in [6.07, 6.45) is 1.46. The number of fused-ring (bicyclic) bond motifs is 1. The molecule has 0 saturated heterocycles. The van der Waals surface area contributed by atoms with Gasteiger partial charge in [0.2, 0.25) is 0 Å². The number of carbonyl (C=O) groups is 1. The summed E-state index contributed by atoms with van der Waals surface area (Å²) < 4.78 is 13.1. The van der Waals surface area contributed by atoms with Gasteiger partial charge in [-0.25, -0.2) is 9.37 Å². The van der Waals surface area contributed by atoms with E-state index in [1.54, 1.807) is 24.3 Å². The Morgan fingerprint density at radius 2 is 2.10 bits per heavy atom. The van der Waals surface area contributed by atoms with Gasteiger partial charge in [0, 0.05) is 10.9 Å². The summed E-state index contributed by atoms with van der Waals surface area (Å²) in [6, 6.07) is 9.12. The van der Waals surface area contributed by atoms with Gasteiger partial charge < -0.3 is 10.3 Å². The molecule has 0 spiro atoms. The Balaban J connectivity index is 1.86. The Bertz CT molecular complexity index is 783. The number of anilines is 1. The molecule has 3 aromatic rings. The fourth-order valence-electron chi connectivity index (χ4n) is 1.87. The molecule has 0 fully saturated rings. The van der Waals surface area contributed by atoms with Crippen LogP contribution >= 0.6 is 11.6 Å². The Morgan fingerprint density at radius 1 is 1.25 bits per heavy atom. The Hall–Kier alpha value is -2.40. The quantitative estimate of drug-likeness (QED) is 0.708. The first-order chi connectivity index (χ1) is 9.61. The maximum absolute atomic E-state index is 13.1. The Kier molecular flexibility index (Phi) is 3.12. The first-order valence-corrected chi connectivity index (χ1v) is 6.21. The molecule has 0 aliphatic rings. The molecule has 0 atom stereocenters. The summed E-state index contributed by atoms with van der Waals surface area (Å²) >= 11 is 5.67. The van der Waals surface area contributed by atoms with E-state index in [0.717, 1.165) is 0 Å². The van der Waals surface area contributed by atoms with Crippen molar-refractivity contribution in [3.63, 3.8) is 0 Å². The molecule has 0 unspecified atom stereocenters. The topological polar surface area (TPSA) is 57.8 Å². The summed E-state index contributed by atoms with van der Waals surface area (Å²) in [7, 11) is 0. The van der Waals surface area contributed by atoms with Gasteiger partial charge in [0.1, 0.15) is 16.7 Å². The molecular formula is C14H9ClFN3O. The molecule has 0 bridgehead atoms. The molecule has 3 rings (SSSR count). The summed E-state index contributed by atoms with van der Waals surface area (Å²) in [5.74, 6) is -0.670. The van der Waals surface area contributed by atoms with E-state index in [4.69, 9.17) is 11.6 Å². The smallest absolute Gasteiger partial charge is 0.272 e. The molecule has 2 heterocycles. The molecule has 2 N–H and O–H groups in total. The molecule has 100 valence electrons. The van der Waals surface area contributed by atoms with Crippen LogP contribution in [0.5, 0.6) is 0 Å². The van der Waals surface area contributed by atoms with Crippen LogP contribution in [0.4, 0.5) is 10.1 Å². The number of aromatic amines is 1. The van der Waals surface area contributed by atoms with Crippen LogP contribution in [-0.2, 0) is 0 Å². The zero-order valence-electron chi connectivity index (χ0n) is 10.2. The normalized spacial score (nSPS) is 10.7. The third kappa shape index (κ3) is 2.48. The molecule has 20 heavy (non-hydrogen) atoms. The minimum absolute atomic E-state index is 0.328. The van der Waals surface area contributed by atoms with Crippen molar-refractivity contribution in [1.82, 2.24) is 9.97 Å². The van der Waals surface area contributed by atoms with Crippen LogP contribution in [0, 0.1) is 5.82 Å². The molecule has 0 aliphatic carbocycles. The highest BCUT2D eigenvalue weighted by Gasteiger charge is 2.10. The first-order valence-electron chi connectivity index (χ1n) is 5.83. The SMILES string of the molecule is O=C(Nc1ccc(Cl)nc1)c1cc2cc(F)ccc2[nH]1. The van der Waals surface area contributed by atoms with Crippen molar-refractivity contribution in [1.29, 1.82) is 0 Å². The fourth-order valence-corrected chi connectivity index (χ4v) is 1.99.